The molecule has 1 aromatic rings. The lowest BCUT2D eigenvalue weighted by molar-refractivity contribution is -2.00. The second kappa shape index (κ2) is 13.0. The van der Waals surface area contributed by atoms with Crippen LogP contribution in [-0.2, 0) is 6.54 Å². The highest BCUT2D eigenvalue weighted by atomic mass is 35.7. The van der Waals surface area contributed by atoms with Gasteiger partial charge in [-0.2, -0.15) is 0 Å². The Bertz CT molecular complexity index is 324. The molecule has 0 amide bonds. The maximum absolute atomic E-state index is 8.49. The predicted octanol–water partition coefficient (Wildman–Crippen LogP) is -0.641. The molecule has 0 aliphatic heterocycles. The number of aryl methyl sites for hydroxylation is 1. The van der Waals surface area contributed by atoms with E-state index in [1.165, 1.54) is 57.9 Å². The van der Waals surface area contributed by atoms with Gasteiger partial charge in [0, 0.05) is 18.6 Å². The van der Waals surface area contributed by atoms with Crippen LogP contribution in [0.5, 0.6) is 0 Å². The molecular formula is C15H26ClNO4. The van der Waals surface area contributed by atoms with E-state index in [4.69, 9.17) is 18.6 Å². The first-order valence-electron chi connectivity index (χ1n) is 7.49. The van der Waals surface area contributed by atoms with E-state index >= 15 is 0 Å². The van der Waals surface area contributed by atoms with Gasteiger partial charge < -0.3 is 0 Å². The first kappa shape index (κ1) is 20.3. The normalized spacial score (nSPS) is 10.9. The number of halogens is 1. The van der Waals surface area contributed by atoms with Crippen molar-refractivity contribution in [3.8, 4) is 0 Å². The van der Waals surface area contributed by atoms with Gasteiger partial charge in [0.1, 0.15) is 6.54 Å². The zero-order chi connectivity index (χ0) is 16.0. The first-order chi connectivity index (χ1) is 9.93. The molecule has 0 fully saturated rings. The minimum Gasteiger partial charge on any atom is -0.222 e. The number of aromatic nitrogens is 1. The van der Waals surface area contributed by atoms with Crippen molar-refractivity contribution in [1.29, 1.82) is 0 Å². The van der Waals surface area contributed by atoms with Crippen molar-refractivity contribution in [3.05, 3.63) is 30.6 Å². The molecule has 0 spiro atoms. The Balaban J connectivity index is 0.000000690. The molecule has 0 radical (unpaired) electrons. The molecule has 0 aromatic carbocycles. The van der Waals surface area contributed by atoms with E-state index in [1.54, 1.807) is 0 Å². The van der Waals surface area contributed by atoms with Gasteiger partial charge in [0.05, 0.1) is 0 Å². The maximum Gasteiger partial charge on any atom is 0.168 e. The summed E-state index contributed by atoms with van der Waals surface area (Å²) in [6.07, 6.45) is 15.5. The molecule has 0 aliphatic rings. The average molecular weight is 320 g/mol. The molecule has 122 valence electrons. The Hall–Kier alpha value is -0.720. The van der Waals surface area contributed by atoms with E-state index in [1.807, 2.05) is 0 Å². The van der Waals surface area contributed by atoms with Crippen LogP contribution in [0, 0.1) is 10.2 Å². The summed E-state index contributed by atoms with van der Waals surface area (Å²) >= 11 is 0. The lowest BCUT2D eigenvalue weighted by Gasteiger charge is -2.17. The Morgan fingerprint density at radius 1 is 0.714 bits per heavy atom. The van der Waals surface area contributed by atoms with Crippen molar-refractivity contribution in [1.82, 2.24) is 0 Å². The molecule has 1 rings (SSSR count). The van der Waals surface area contributed by atoms with E-state index in [0.717, 1.165) is 0 Å². The summed E-state index contributed by atoms with van der Waals surface area (Å²) in [5.41, 5.74) is 0. The molecule has 1 heterocycles. The summed E-state index contributed by atoms with van der Waals surface area (Å²) in [5, 5.41) is 0. The van der Waals surface area contributed by atoms with Gasteiger partial charge in [0.2, 0.25) is 0 Å². The maximum atomic E-state index is 8.49. The van der Waals surface area contributed by atoms with Crippen molar-refractivity contribution in [2.45, 2.75) is 64.8 Å². The molecule has 0 N–H and O–H groups in total. The number of unbranched alkanes of at least 4 members (excludes halogenated alkanes) is 7. The predicted molar refractivity (Wildman–Crippen MR) is 69.2 cm³/mol. The fraction of sp³-hybridized carbons (Fsp3) is 0.667. The molecule has 0 atom stereocenters. The van der Waals surface area contributed by atoms with Gasteiger partial charge >= 0.3 is 0 Å². The SMILES string of the molecule is CCCCCCCCCC[n+]1ccccc1.[O-][Cl+3]([O-])([O-])[O-]. The van der Waals surface area contributed by atoms with E-state index in [0.29, 0.717) is 0 Å². The zero-order valence-electron chi connectivity index (χ0n) is 12.7. The minimum absolute atomic E-state index is 1.18. The van der Waals surface area contributed by atoms with Crippen LogP contribution in [0.3, 0.4) is 0 Å². The molecule has 0 aliphatic carbocycles. The number of hydrogen-bond acceptors (Lipinski definition) is 4. The van der Waals surface area contributed by atoms with Crippen LogP contribution >= 0.6 is 0 Å². The van der Waals surface area contributed by atoms with Crippen LogP contribution in [0.2, 0.25) is 0 Å². The lowest BCUT2D eigenvalue weighted by atomic mass is 10.1. The van der Waals surface area contributed by atoms with Crippen molar-refractivity contribution >= 4 is 0 Å². The Labute approximate surface area is 129 Å². The van der Waals surface area contributed by atoms with Gasteiger partial charge in [-0.05, 0) is 6.42 Å². The molecule has 0 saturated heterocycles. The summed E-state index contributed by atoms with van der Waals surface area (Å²) in [5.74, 6) is 0. The molecular weight excluding hydrogens is 294 g/mol. The number of pyridine rings is 1. The Kier molecular flexibility index (Phi) is 12.5. The van der Waals surface area contributed by atoms with Crippen LogP contribution in [0.4, 0.5) is 0 Å². The fourth-order valence-electron chi connectivity index (χ4n) is 2.01. The number of hydrogen-bond donors (Lipinski definition) is 0. The third kappa shape index (κ3) is 19.3. The summed E-state index contributed by atoms with van der Waals surface area (Å²) in [6.45, 7) is 3.45. The van der Waals surface area contributed by atoms with Crippen molar-refractivity contribution < 1.29 is 33.4 Å². The van der Waals surface area contributed by atoms with Crippen LogP contribution in [0.1, 0.15) is 58.3 Å². The molecule has 1 aromatic heterocycles. The van der Waals surface area contributed by atoms with Crippen LogP contribution in [-0.4, -0.2) is 0 Å². The summed E-state index contributed by atoms with van der Waals surface area (Å²) in [7, 11) is -4.94. The quantitative estimate of drug-likeness (QED) is 0.446. The van der Waals surface area contributed by atoms with Crippen molar-refractivity contribution in [2.24, 2.45) is 0 Å². The van der Waals surface area contributed by atoms with E-state index in [-0.39, 0.29) is 0 Å². The van der Waals surface area contributed by atoms with E-state index < -0.39 is 10.2 Å². The average Bonchev–Trinajstić information content (AvgIpc) is 2.41. The van der Waals surface area contributed by atoms with Crippen LogP contribution in [0.25, 0.3) is 0 Å². The third-order valence-electron chi connectivity index (χ3n) is 3.05. The zero-order valence-corrected chi connectivity index (χ0v) is 13.5. The van der Waals surface area contributed by atoms with Crippen LogP contribution in [0.15, 0.2) is 30.6 Å². The smallest absolute Gasteiger partial charge is 0.168 e. The number of nitrogens with zero attached hydrogens (tertiary/aromatic N) is 1. The highest BCUT2D eigenvalue weighted by Gasteiger charge is 1.97. The van der Waals surface area contributed by atoms with Gasteiger partial charge in [-0.25, -0.2) is 23.2 Å². The number of rotatable bonds is 9. The Morgan fingerprint density at radius 3 is 1.62 bits per heavy atom. The van der Waals surface area contributed by atoms with Gasteiger partial charge in [-0.3, -0.25) is 0 Å². The first-order valence-corrected chi connectivity index (χ1v) is 8.72. The highest BCUT2D eigenvalue weighted by Crippen LogP contribution is 2.08. The third-order valence-corrected chi connectivity index (χ3v) is 3.05. The molecule has 21 heavy (non-hydrogen) atoms. The molecule has 6 heteroatoms. The van der Waals surface area contributed by atoms with E-state index in [2.05, 4.69) is 42.1 Å². The summed E-state index contributed by atoms with van der Waals surface area (Å²) < 4.78 is 36.2. The van der Waals surface area contributed by atoms with Gasteiger partial charge in [-0.15, -0.1) is 10.2 Å². The Morgan fingerprint density at radius 2 is 1.14 bits per heavy atom. The summed E-state index contributed by atoms with van der Waals surface area (Å²) in [4.78, 5) is 0. The largest absolute Gasteiger partial charge is 0.222 e. The minimum atomic E-state index is -4.94. The monoisotopic (exact) mass is 319 g/mol. The van der Waals surface area contributed by atoms with E-state index in [9.17, 15) is 0 Å². The molecule has 0 saturated carbocycles. The molecule has 0 unspecified atom stereocenters. The van der Waals surface area contributed by atoms with Crippen LogP contribution < -0.4 is 23.2 Å². The lowest BCUT2D eigenvalue weighted by Crippen LogP contribution is -2.68. The van der Waals surface area contributed by atoms with Gasteiger partial charge in [0.25, 0.3) is 0 Å². The molecule has 5 nitrogen and oxygen atoms in total. The second-order valence-corrected chi connectivity index (χ2v) is 5.72. The topological polar surface area (TPSA) is 96.1 Å². The second-order valence-electron chi connectivity index (χ2n) is 4.97. The van der Waals surface area contributed by atoms with Gasteiger partial charge in [0.15, 0.2) is 12.4 Å². The van der Waals surface area contributed by atoms with Crippen molar-refractivity contribution in [3.63, 3.8) is 0 Å². The molecule has 0 bridgehead atoms. The fourth-order valence-corrected chi connectivity index (χ4v) is 2.01. The van der Waals surface area contributed by atoms with Crippen molar-refractivity contribution in [2.75, 3.05) is 0 Å². The standard InChI is InChI=1S/C15H26N.ClHO4/c1-2-3-4-5-6-7-8-10-13-16-14-11-9-12-15-16;2-1(3,4)5/h9,11-12,14-15H,2-8,10,13H2,1H3;(H,2,3,4,5)/q+1;/p-1. The van der Waals surface area contributed by atoms with Gasteiger partial charge in [-0.1, -0.05) is 51.5 Å². The highest BCUT2D eigenvalue weighted by molar-refractivity contribution is 4.83. The summed E-state index contributed by atoms with van der Waals surface area (Å²) in [6, 6.07) is 6.28.